The molecular weight excluding hydrogens is 280 g/mol. The Hall–Kier alpha value is -1.13. The van der Waals surface area contributed by atoms with Gasteiger partial charge >= 0.3 is 0 Å². The van der Waals surface area contributed by atoms with Gasteiger partial charge in [0.25, 0.3) is 0 Å². The first kappa shape index (κ1) is 14.8. The lowest BCUT2D eigenvalue weighted by Gasteiger charge is -2.21. The minimum atomic E-state index is 0.421. The summed E-state index contributed by atoms with van der Waals surface area (Å²) in [6.45, 7) is 3.23. The number of hydrogen-bond acceptors (Lipinski definition) is 3. The highest BCUT2D eigenvalue weighted by molar-refractivity contribution is 7.80. The third-order valence-corrected chi connectivity index (χ3v) is 4.47. The molecule has 0 amide bonds. The van der Waals surface area contributed by atoms with Crippen LogP contribution in [0, 0.1) is 5.92 Å². The summed E-state index contributed by atoms with van der Waals surface area (Å²) in [5.74, 6) is 1.84. The number of nitrogens with zero attached hydrogens (tertiary/aromatic N) is 1. The van der Waals surface area contributed by atoms with Crippen LogP contribution in [0.15, 0.2) is 24.3 Å². The summed E-state index contributed by atoms with van der Waals surface area (Å²) in [7, 11) is 0. The highest BCUT2D eigenvalue weighted by Crippen LogP contribution is 2.34. The van der Waals surface area contributed by atoms with E-state index in [0.29, 0.717) is 4.99 Å². The van der Waals surface area contributed by atoms with Crippen LogP contribution in [0.5, 0.6) is 5.75 Å². The van der Waals surface area contributed by atoms with E-state index in [2.05, 4.69) is 4.90 Å². The molecule has 4 heteroatoms. The van der Waals surface area contributed by atoms with Crippen molar-refractivity contribution >= 4 is 17.2 Å². The number of ether oxygens (including phenoxy) is 1. The predicted octanol–water partition coefficient (Wildman–Crippen LogP) is 2.96. The standard InChI is InChI=1S/C17H24N2OS/c18-17(21)14-3-1-4-16(11-14)20-10-2-9-19(15-7-8-15)12-13-5-6-13/h1,3-4,11,13,15H,2,5-10,12H2,(H2,18,21). The summed E-state index contributed by atoms with van der Waals surface area (Å²) in [6, 6.07) is 8.60. The van der Waals surface area contributed by atoms with Crippen LogP contribution in [0.3, 0.4) is 0 Å². The maximum atomic E-state index is 5.83. The lowest BCUT2D eigenvalue weighted by atomic mass is 10.2. The summed E-state index contributed by atoms with van der Waals surface area (Å²) in [4.78, 5) is 3.09. The van der Waals surface area contributed by atoms with Crippen LogP contribution < -0.4 is 10.5 Å². The van der Waals surface area contributed by atoms with Gasteiger partial charge in [-0.15, -0.1) is 0 Å². The summed E-state index contributed by atoms with van der Waals surface area (Å²) in [6.07, 6.45) is 6.74. The smallest absolute Gasteiger partial charge is 0.119 e. The van der Waals surface area contributed by atoms with E-state index < -0.39 is 0 Å². The van der Waals surface area contributed by atoms with E-state index in [4.69, 9.17) is 22.7 Å². The molecule has 0 atom stereocenters. The van der Waals surface area contributed by atoms with Crippen LogP contribution in [0.25, 0.3) is 0 Å². The first-order valence-corrected chi connectivity index (χ1v) is 8.40. The second-order valence-corrected chi connectivity index (χ2v) is 6.70. The molecule has 0 aromatic heterocycles. The summed E-state index contributed by atoms with van der Waals surface area (Å²) < 4.78 is 5.83. The minimum absolute atomic E-state index is 0.421. The van der Waals surface area contributed by atoms with Crippen LogP contribution in [-0.2, 0) is 0 Å². The molecule has 0 aliphatic heterocycles. The second kappa shape index (κ2) is 6.75. The molecule has 114 valence electrons. The van der Waals surface area contributed by atoms with Crippen molar-refractivity contribution in [3.8, 4) is 5.75 Å². The van der Waals surface area contributed by atoms with Crippen molar-refractivity contribution in [3.63, 3.8) is 0 Å². The van der Waals surface area contributed by atoms with Crippen molar-refractivity contribution in [2.75, 3.05) is 19.7 Å². The fraction of sp³-hybridized carbons (Fsp3) is 0.588. The average Bonchev–Trinajstić information content (AvgIpc) is 3.36. The van der Waals surface area contributed by atoms with E-state index >= 15 is 0 Å². The SMILES string of the molecule is NC(=S)c1cccc(OCCCN(CC2CC2)C2CC2)c1. The Morgan fingerprint density at radius 2 is 2.10 bits per heavy atom. The van der Waals surface area contributed by atoms with Gasteiger partial charge in [0.05, 0.1) is 6.61 Å². The highest BCUT2D eigenvalue weighted by Gasteiger charge is 2.33. The van der Waals surface area contributed by atoms with Gasteiger partial charge in [0.2, 0.25) is 0 Å². The van der Waals surface area contributed by atoms with Gasteiger partial charge in [-0.1, -0.05) is 24.4 Å². The monoisotopic (exact) mass is 304 g/mol. The van der Waals surface area contributed by atoms with Gasteiger partial charge in [-0.25, -0.2) is 0 Å². The van der Waals surface area contributed by atoms with Crippen LogP contribution in [-0.4, -0.2) is 35.6 Å². The molecule has 2 fully saturated rings. The van der Waals surface area contributed by atoms with E-state index in [1.165, 1.54) is 32.2 Å². The van der Waals surface area contributed by atoms with E-state index in [1.54, 1.807) is 0 Å². The molecule has 1 aromatic rings. The number of thiocarbonyl (C=S) groups is 1. The van der Waals surface area contributed by atoms with Crippen LogP contribution in [0.2, 0.25) is 0 Å². The van der Waals surface area contributed by atoms with E-state index in [9.17, 15) is 0 Å². The number of nitrogens with two attached hydrogens (primary N) is 1. The molecule has 1 aromatic carbocycles. The van der Waals surface area contributed by atoms with Crippen LogP contribution in [0.1, 0.15) is 37.7 Å². The summed E-state index contributed by atoms with van der Waals surface area (Å²) in [5, 5.41) is 0. The molecule has 2 N–H and O–H groups in total. The quantitative estimate of drug-likeness (QED) is 0.562. The zero-order valence-corrected chi connectivity index (χ0v) is 13.3. The largest absolute Gasteiger partial charge is 0.494 e. The normalized spacial score (nSPS) is 18.0. The fourth-order valence-corrected chi connectivity index (χ4v) is 2.82. The molecule has 0 unspecified atom stereocenters. The van der Waals surface area contributed by atoms with Gasteiger partial charge in [0.1, 0.15) is 10.7 Å². The average molecular weight is 304 g/mol. The lowest BCUT2D eigenvalue weighted by molar-refractivity contribution is 0.220. The highest BCUT2D eigenvalue weighted by atomic mass is 32.1. The molecule has 2 aliphatic carbocycles. The Kier molecular flexibility index (Phi) is 4.76. The molecule has 21 heavy (non-hydrogen) atoms. The maximum Gasteiger partial charge on any atom is 0.119 e. The van der Waals surface area contributed by atoms with Gasteiger partial charge in [0.15, 0.2) is 0 Å². The second-order valence-electron chi connectivity index (χ2n) is 6.26. The molecule has 3 nitrogen and oxygen atoms in total. The molecule has 2 saturated carbocycles. The van der Waals surface area contributed by atoms with Gasteiger partial charge in [-0.2, -0.15) is 0 Å². The van der Waals surface area contributed by atoms with Gasteiger partial charge in [-0.05, 0) is 50.2 Å². The number of rotatable bonds is 9. The van der Waals surface area contributed by atoms with Gasteiger partial charge in [-0.3, -0.25) is 4.90 Å². The Morgan fingerprint density at radius 3 is 2.76 bits per heavy atom. The first-order valence-electron chi connectivity index (χ1n) is 7.99. The van der Waals surface area contributed by atoms with Crippen molar-refractivity contribution in [3.05, 3.63) is 29.8 Å². The number of hydrogen-bond donors (Lipinski definition) is 1. The maximum absolute atomic E-state index is 5.83. The molecule has 3 rings (SSSR count). The van der Waals surface area contributed by atoms with Crippen molar-refractivity contribution < 1.29 is 4.74 Å². The summed E-state index contributed by atoms with van der Waals surface area (Å²) >= 11 is 4.99. The zero-order chi connectivity index (χ0) is 14.7. The van der Waals surface area contributed by atoms with Crippen molar-refractivity contribution in [1.82, 2.24) is 4.90 Å². The van der Waals surface area contributed by atoms with E-state index in [1.807, 2.05) is 24.3 Å². The van der Waals surface area contributed by atoms with Crippen molar-refractivity contribution in [2.45, 2.75) is 38.1 Å². The van der Waals surface area contributed by atoms with Crippen molar-refractivity contribution in [2.24, 2.45) is 11.7 Å². The number of benzene rings is 1. The van der Waals surface area contributed by atoms with Gasteiger partial charge < -0.3 is 10.5 Å². The molecule has 0 spiro atoms. The van der Waals surface area contributed by atoms with Gasteiger partial charge in [0, 0.05) is 24.7 Å². The van der Waals surface area contributed by atoms with E-state index in [-0.39, 0.29) is 0 Å². The predicted molar refractivity (Wildman–Crippen MR) is 89.8 cm³/mol. The lowest BCUT2D eigenvalue weighted by Crippen LogP contribution is -2.30. The Labute approximate surface area is 132 Å². The Balaban J connectivity index is 1.40. The minimum Gasteiger partial charge on any atom is -0.494 e. The van der Waals surface area contributed by atoms with Crippen molar-refractivity contribution in [1.29, 1.82) is 0 Å². The molecule has 0 radical (unpaired) electrons. The van der Waals surface area contributed by atoms with Crippen LogP contribution >= 0.6 is 12.2 Å². The Morgan fingerprint density at radius 1 is 1.29 bits per heavy atom. The zero-order valence-electron chi connectivity index (χ0n) is 12.5. The Bertz CT molecular complexity index is 497. The van der Waals surface area contributed by atoms with Crippen LogP contribution in [0.4, 0.5) is 0 Å². The fourth-order valence-electron chi connectivity index (χ4n) is 2.69. The topological polar surface area (TPSA) is 38.5 Å². The molecule has 0 heterocycles. The third kappa shape index (κ3) is 4.68. The molecule has 0 saturated heterocycles. The first-order chi connectivity index (χ1) is 10.2. The molecule has 2 aliphatic rings. The third-order valence-electron chi connectivity index (χ3n) is 4.23. The van der Waals surface area contributed by atoms with E-state index in [0.717, 1.165) is 42.8 Å². The molecular formula is C17H24N2OS. The summed E-state index contributed by atoms with van der Waals surface area (Å²) in [5.41, 5.74) is 6.51. The molecule has 0 bridgehead atoms.